The first-order chi connectivity index (χ1) is 8.97. The molecule has 1 aromatic rings. The first kappa shape index (κ1) is 14.4. The molecule has 0 radical (unpaired) electrons. The van der Waals surface area contributed by atoms with E-state index in [4.69, 9.17) is 4.74 Å². The van der Waals surface area contributed by atoms with Crippen LogP contribution >= 0.6 is 0 Å². The number of aromatic nitrogens is 1. The molecule has 0 spiro atoms. The summed E-state index contributed by atoms with van der Waals surface area (Å²) in [5.41, 5.74) is 1.66. The summed E-state index contributed by atoms with van der Waals surface area (Å²) < 4.78 is 5.73. The molecule has 106 valence electrons. The maximum atomic E-state index is 5.73. The lowest BCUT2D eigenvalue weighted by Crippen LogP contribution is -2.05. The molecule has 2 nitrogen and oxygen atoms in total. The molecule has 2 rings (SSSR count). The van der Waals surface area contributed by atoms with Gasteiger partial charge in [-0.3, -0.25) is 4.98 Å². The number of pyridine rings is 1. The van der Waals surface area contributed by atoms with E-state index in [1.807, 2.05) is 25.3 Å². The minimum atomic E-state index is 0.629. The van der Waals surface area contributed by atoms with E-state index in [1.165, 1.54) is 19.3 Å². The number of hydrogen-bond acceptors (Lipinski definition) is 2. The third kappa shape index (κ3) is 4.52. The van der Waals surface area contributed by atoms with Gasteiger partial charge < -0.3 is 4.74 Å². The molecule has 2 unspecified atom stereocenters. The Balaban J connectivity index is 1.59. The van der Waals surface area contributed by atoms with Gasteiger partial charge in [-0.2, -0.15) is 0 Å². The van der Waals surface area contributed by atoms with Crippen LogP contribution in [0.25, 0.3) is 0 Å². The highest BCUT2D eigenvalue weighted by Crippen LogP contribution is 2.54. The smallest absolute Gasteiger partial charge is 0.137 e. The zero-order chi connectivity index (χ0) is 13.9. The lowest BCUT2D eigenvalue weighted by Gasteiger charge is -2.12. The Labute approximate surface area is 117 Å². The van der Waals surface area contributed by atoms with E-state index in [1.54, 1.807) is 0 Å². The molecule has 0 aromatic carbocycles. The second kappa shape index (κ2) is 5.94. The average molecular weight is 261 g/mol. The Bertz CT molecular complexity index is 396. The van der Waals surface area contributed by atoms with Crippen molar-refractivity contribution in [2.24, 2.45) is 17.3 Å². The predicted octanol–water partition coefficient (Wildman–Crippen LogP) is 4.62. The van der Waals surface area contributed by atoms with Crippen LogP contribution < -0.4 is 4.74 Å². The molecule has 1 fully saturated rings. The van der Waals surface area contributed by atoms with Gasteiger partial charge in [0.1, 0.15) is 5.75 Å². The van der Waals surface area contributed by atoms with Crippen molar-refractivity contribution >= 4 is 0 Å². The highest BCUT2D eigenvalue weighted by atomic mass is 16.5. The van der Waals surface area contributed by atoms with E-state index in [9.17, 15) is 0 Å². The Kier molecular flexibility index (Phi) is 4.49. The van der Waals surface area contributed by atoms with Crippen LogP contribution in [0.5, 0.6) is 5.75 Å². The van der Waals surface area contributed by atoms with Gasteiger partial charge in [0, 0.05) is 5.69 Å². The molecule has 1 heterocycles. The van der Waals surface area contributed by atoms with Crippen molar-refractivity contribution < 1.29 is 4.74 Å². The van der Waals surface area contributed by atoms with Gasteiger partial charge in [-0.25, -0.2) is 0 Å². The molecule has 1 aliphatic carbocycles. The van der Waals surface area contributed by atoms with Crippen molar-refractivity contribution in [3.8, 4) is 5.75 Å². The van der Waals surface area contributed by atoms with Crippen LogP contribution in [0.3, 0.4) is 0 Å². The minimum absolute atomic E-state index is 0.629. The highest BCUT2D eigenvalue weighted by Gasteiger charge is 2.44. The summed E-state index contributed by atoms with van der Waals surface area (Å²) >= 11 is 0. The summed E-state index contributed by atoms with van der Waals surface area (Å²) in [5, 5.41) is 0. The van der Waals surface area contributed by atoms with Gasteiger partial charge in [0.2, 0.25) is 0 Å². The van der Waals surface area contributed by atoms with E-state index < -0.39 is 0 Å². The fourth-order valence-corrected chi connectivity index (χ4v) is 2.62. The van der Waals surface area contributed by atoms with Crippen molar-refractivity contribution in [3.05, 3.63) is 24.0 Å². The van der Waals surface area contributed by atoms with E-state index in [0.717, 1.165) is 36.3 Å². The third-order valence-electron chi connectivity index (χ3n) is 4.49. The van der Waals surface area contributed by atoms with Gasteiger partial charge in [0.25, 0.3) is 0 Å². The standard InChI is InChI=1S/C17H27NO/c1-13(5-7-15-11-17(15,3)4)9-10-19-16-8-6-14(2)18-12-16/h6,8,12-13,15H,5,7,9-11H2,1-4H3. The van der Waals surface area contributed by atoms with Crippen molar-refractivity contribution in [2.75, 3.05) is 6.61 Å². The van der Waals surface area contributed by atoms with E-state index in [0.29, 0.717) is 5.41 Å². The number of ether oxygens (including phenoxy) is 1. The number of nitrogens with zero attached hydrogens (tertiary/aromatic N) is 1. The van der Waals surface area contributed by atoms with Gasteiger partial charge in [0.15, 0.2) is 0 Å². The molecule has 0 bridgehead atoms. The summed E-state index contributed by atoms with van der Waals surface area (Å²) in [7, 11) is 0. The summed E-state index contributed by atoms with van der Waals surface area (Å²) in [4.78, 5) is 4.24. The molecule has 0 N–H and O–H groups in total. The van der Waals surface area contributed by atoms with Crippen molar-refractivity contribution in [1.29, 1.82) is 0 Å². The first-order valence-electron chi connectivity index (χ1n) is 7.53. The molecule has 0 amide bonds. The Hall–Kier alpha value is -1.05. The van der Waals surface area contributed by atoms with Crippen LogP contribution in [0.15, 0.2) is 18.3 Å². The van der Waals surface area contributed by atoms with E-state index in [2.05, 4.69) is 25.8 Å². The fraction of sp³-hybridized carbons (Fsp3) is 0.706. The summed E-state index contributed by atoms with van der Waals surface area (Å²) in [6, 6.07) is 3.99. The lowest BCUT2D eigenvalue weighted by molar-refractivity contribution is 0.274. The zero-order valence-electron chi connectivity index (χ0n) is 12.8. The first-order valence-corrected chi connectivity index (χ1v) is 7.53. The predicted molar refractivity (Wildman–Crippen MR) is 79.4 cm³/mol. The maximum Gasteiger partial charge on any atom is 0.137 e. The van der Waals surface area contributed by atoms with E-state index >= 15 is 0 Å². The molecule has 1 saturated carbocycles. The molecule has 0 aliphatic heterocycles. The highest BCUT2D eigenvalue weighted by molar-refractivity contribution is 5.18. The van der Waals surface area contributed by atoms with Crippen LogP contribution in [0, 0.1) is 24.2 Å². The lowest BCUT2D eigenvalue weighted by atomic mass is 9.98. The Morgan fingerprint density at radius 1 is 1.37 bits per heavy atom. The average Bonchev–Trinajstić information content (AvgIpc) is 2.97. The summed E-state index contributed by atoms with van der Waals surface area (Å²) in [6.07, 6.45) is 7.10. The molecule has 0 saturated heterocycles. The van der Waals surface area contributed by atoms with Crippen molar-refractivity contribution in [3.63, 3.8) is 0 Å². The zero-order valence-corrected chi connectivity index (χ0v) is 12.8. The summed E-state index contributed by atoms with van der Waals surface area (Å²) in [5.74, 6) is 2.62. The molecule has 19 heavy (non-hydrogen) atoms. The largest absolute Gasteiger partial charge is 0.492 e. The van der Waals surface area contributed by atoms with Crippen molar-refractivity contribution in [2.45, 2.75) is 53.4 Å². The molecular formula is C17H27NO. The van der Waals surface area contributed by atoms with Gasteiger partial charge in [-0.1, -0.05) is 27.2 Å². The van der Waals surface area contributed by atoms with Crippen molar-refractivity contribution in [1.82, 2.24) is 4.98 Å². The molecule has 2 atom stereocenters. The number of hydrogen-bond donors (Lipinski definition) is 0. The normalized spacial score (nSPS) is 22.0. The Morgan fingerprint density at radius 3 is 2.68 bits per heavy atom. The quantitative estimate of drug-likeness (QED) is 0.714. The molecule has 1 aromatic heterocycles. The van der Waals surface area contributed by atoms with Crippen LogP contribution in [-0.4, -0.2) is 11.6 Å². The van der Waals surface area contributed by atoms with Gasteiger partial charge in [-0.05, 0) is 55.6 Å². The second-order valence-electron chi connectivity index (χ2n) is 6.84. The monoisotopic (exact) mass is 261 g/mol. The van der Waals surface area contributed by atoms with Crippen LogP contribution in [0.1, 0.15) is 52.1 Å². The number of aryl methyl sites for hydroxylation is 1. The molecular weight excluding hydrogens is 234 g/mol. The minimum Gasteiger partial charge on any atom is -0.492 e. The third-order valence-corrected chi connectivity index (χ3v) is 4.49. The maximum absolute atomic E-state index is 5.73. The van der Waals surface area contributed by atoms with E-state index in [-0.39, 0.29) is 0 Å². The van der Waals surface area contributed by atoms with Crippen LogP contribution in [0.4, 0.5) is 0 Å². The van der Waals surface area contributed by atoms with Crippen LogP contribution in [-0.2, 0) is 0 Å². The fourth-order valence-electron chi connectivity index (χ4n) is 2.62. The number of rotatable bonds is 7. The Morgan fingerprint density at radius 2 is 2.11 bits per heavy atom. The van der Waals surface area contributed by atoms with Crippen LogP contribution in [0.2, 0.25) is 0 Å². The van der Waals surface area contributed by atoms with Gasteiger partial charge in [-0.15, -0.1) is 0 Å². The SMILES string of the molecule is Cc1ccc(OCCC(C)CCC2CC2(C)C)cn1. The van der Waals surface area contributed by atoms with Gasteiger partial charge >= 0.3 is 0 Å². The second-order valence-corrected chi connectivity index (χ2v) is 6.84. The molecule has 2 heteroatoms. The van der Waals surface area contributed by atoms with Gasteiger partial charge in [0.05, 0.1) is 12.8 Å². The molecule has 1 aliphatic rings. The topological polar surface area (TPSA) is 22.1 Å². The summed E-state index contributed by atoms with van der Waals surface area (Å²) in [6.45, 7) is 9.91.